The van der Waals surface area contributed by atoms with Gasteiger partial charge in [0.15, 0.2) is 5.75 Å². The van der Waals surface area contributed by atoms with Crippen LogP contribution in [0.2, 0.25) is 0 Å². The van der Waals surface area contributed by atoms with Gasteiger partial charge in [-0.05, 0) is 28.7 Å². The molecule has 98 valence electrons. The van der Waals surface area contributed by atoms with Gasteiger partial charge in [0.25, 0.3) is 0 Å². The Morgan fingerprint density at radius 3 is 2.63 bits per heavy atom. The van der Waals surface area contributed by atoms with E-state index in [1.165, 1.54) is 22.3 Å². The van der Waals surface area contributed by atoms with Gasteiger partial charge in [-0.2, -0.15) is 4.89 Å². The largest absolute Gasteiger partial charge is 0.337 e. The normalized spacial score (nSPS) is 12.4. The molecule has 0 bridgehead atoms. The first-order valence-electron chi connectivity index (χ1n) is 6.75. The fourth-order valence-corrected chi connectivity index (χ4v) is 2.44. The van der Waals surface area contributed by atoms with Crippen LogP contribution in [0.5, 0.6) is 5.75 Å². The van der Waals surface area contributed by atoms with Gasteiger partial charge in [-0.25, -0.2) is 0 Å². The van der Waals surface area contributed by atoms with Crippen LogP contribution in [-0.4, -0.2) is 6.61 Å². The van der Waals surface area contributed by atoms with Crippen molar-refractivity contribution in [1.82, 2.24) is 0 Å². The van der Waals surface area contributed by atoms with Crippen molar-refractivity contribution < 1.29 is 9.78 Å². The number of hydrogen-bond acceptors (Lipinski definition) is 2. The molecule has 2 heteroatoms. The third-order valence-electron chi connectivity index (χ3n) is 3.36. The Labute approximate surface area is 113 Å². The SMILES string of the molecule is CC(C)COOc1cccc2c1Cc1ccccc1-2. The van der Waals surface area contributed by atoms with Crippen molar-refractivity contribution in [3.8, 4) is 16.9 Å². The van der Waals surface area contributed by atoms with Gasteiger partial charge in [0.1, 0.15) is 0 Å². The van der Waals surface area contributed by atoms with Crippen LogP contribution in [0.25, 0.3) is 11.1 Å². The van der Waals surface area contributed by atoms with Crippen molar-refractivity contribution in [3.63, 3.8) is 0 Å². The molecule has 2 nitrogen and oxygen atoms in total. The summed E-state index contributed by atoms with van der Waals surface area (Å²) in [7, 11) is 0. The average Bonchev–Trinajstić information content (AvgIpc) is 2.78. The molecular formula is C17H18O2. The molecule has 0 atom stereocenters. The molecule has 0 saturated heterocycles. The Morgan fingerprint density at radius 1 is 1.00 bits per heavy atom. The van der Waals surface area contributed by atoms with E-state index in [1.54, 1.807) is 0 Å². The fourth-order valence-electron chi connectivity index (χ4n) is 2.44. The fraction of sp³-hybridized carbons (Fsp3) is 0.294. The summed E-state index contributed by atoms with van der Waals surface area (Å²) in [6.45, 7) is 4.82. The minimum atomic E-state index is 0.467. The van der Waals surface area contributed by atoms with E-state index in [1.807, 2.05) is 12.1 Å². The van der Waals surface area contributed by atoms with Gasteiger partial charge in [0.05, 0.1) is 6.61 Å². The maximum absolute atomic E-state index is 5.49. The molecule has 0 spiro atoms. The molecule has 1 aliphatic carbocycles. The zero-order valence-corrected chi connectivity index (χ0v) is 11.3. The van der Waals surface area contributed by atoms with Crippen LogP contribution in [0.3, 0.4) is 0 Å². The molecule has 0 amide bonds. The first kappa shape index (κ1) is 12.2. The van der Waals surface area contributed by atoms with Crippen molar-refractivity contribution in [2.75, 3.05) is 6.61 Å². The molecule has 0 unspecified atom stereocenters. The predicted octanol–water partition coefficient (Wildman–Crippen LogP) is 4.22. The summed E-state index contributed by atoms with van der Waals surface area (Å²) in [6, 6.07) is 14.7. The quantitative estimate of drug-likeness (QED) is 0.512. The van der Waals surface area contributed by atoms with Crippen LogP contribution < -0.4 is 4.89 Å². The number of rotatable bonds is 4. The Kier molecular flexibility index (Phi) is 3.26. The van der Waals surface area contributed by atoms with E-state index in [-0.39, 0.29) is 0 Å². The van der Waals surface area contributed by atoms with Crippen LogP contribution in [0.1, 0.15) is 25.0 Å². The lowest BCUT2D eigenvalue weighted by Crippen LogP contribution is -2.06. The summed E-state index contributed by atoms with van der Waals surface area (Å²) in [5.74, 6) is 1.31. The zero-order chi connectivity index (χ0) is 13.2. The highest BCUT2D eigenvalue weighted by molar-refractivity contribution is 5.78. The van der Waals surface area contributed by atoms with Crippen LogP contribution in [0.15, 0.2) is 42.5 Å². The number of fused-ring (bicyclic) bond motifs is 3. The summed E-state index contributed by atoms with van der Waals surface area (Å²) in [4.78, 5) is 10.8. The third kappa shape index (κ3) is 2.36. The molecule has 19 heavy (non-hydrogen) atoms. The summed E-state index contributed by atoms with van der Waals surface area (Å²) in [5.41, 5.74) is 5.16. The monoisotopic (exact) mass is 254 g/mol. The first-order valence-corrected chi connectivity index (χ1v) is 6.75. The lowest BCUT2D eigenvalue weighted by atomic mass is 10.1. The Balaban J connectivity index is 1.86. The summed E-state index contributed by atoms with van der Waals surface area (Å²) in [6.07, 6.45) is 0.923. The lowest BCUT2D eigenvalue weighted by Gasteiger charge is -2.10. The van der Waals surface area contributed by atoms with Crippen molar-refractivity contribution in [2.24, 2.45) is 5.92 Å². The highest BCUT2D eigenvalue weighted by Gasteiger charge is 2.21. The first-order chi connectivity index (χ1) is 9.25. The topological polar surface area (TPSA) is 18.5 Å². The smallest absolute Gasteiger partial charge is 0.169 e. The Morgan fingerprint density at radius 2 is 1.79 bits per heavy atom. The van der Waals surface area contributed by atoms with Gasteiger partial charge in [-0.1, -0.05) is 50.2 Å². The summed E-state index contributed by atoms with van der Waals surface area (Å²) < 4.78 is 0. The van der Waals surface area contributed by atoms with Gasteiger partial charge >= 0.3 is 0 Å². The van der Waals surface area contributed by atoms with Crippen LogP contribution in [-0.2, 0) is 11.3 Å². The number of benzene rings is 2. The van der Waals surface area contributed by atoms with Crippen molar-refractivity contribution in [1.29, 1.82) is 0 Å². The van der Waals surface area contributed by atoms with Gasteiger partial charge in [0.2, 0.25) is 0 Å². The Bertz CT molecular complexity index is 588. The van der Waals surface area contributed by atoms with Gasteiger partial charge in [-0.15, -0.1) is 0 Å². The minimum Gasteiger partial charge on any atom is -0.337 e. The minimum absolute atomic E-state index is 0.467. The second-order valence-electron chi connectivity index (χ2n) is 5.38. The van der Waals surface area contributed by atoms with Crippen LogP contribution >= 0.6 is 0 Å². The second kappa shape index (κ2) is 5.06. The van der Waals surface area contributed by atoms with Crippen LogP contribution in [0, 0.1) is 5.92 Å². The van der Waals surface area contributed by atoms with Gasteiger partial charge < -0.3 is 4.89 Å². The van der Waals surface area contributed by atoms with E-state index in [0.717, 1.165) is 12.2 Å². The molecule has 0 N–H and O–H groups in total. The van der Waals surface area contributed by atoms with Gasteiger partial charge in [0, 0.05) is 12.0 Å². The van der Waals surface area contributed by atoms with Crippen molar-refractivity contribution >= 4 is 0 Å². The molecule has 1 aliphatic rings. The van der Waals surface area contributed by atoms with E-state index >= 15 is 0 Å². The molecule has 0 heterocycles. The molecule has 2 aromatic rings. The molecule has 0 fully saturated rings. The average molecular weight is 254 g/mol. The Hall–Kier alpha value is -1.80. The lowest BCUT2D eigenvalue weighted by molar-refractivity contribution is -0.214. The zero-order valence-electron chi connectivity index (χ0n) is 11.3. The maximum Gasteiger partial charge on any atom is 0.169 e. The van der Waals surface area contributed by atoms with E-state index in [9.17, 15) is 0 Å². The van der Waals surface area contributed by atoms with E-state index < -0.39 is 0 Å². The van der Waals surface area contributed by atoms with Crippen LogP contribution in [0.4, 0.5) is 0 Å². The third-order valence-corrected chi connectivity index (χ3v) is 3.36. The van der Waals surface area contributed by atoms with E-state index in [0.29, 0.717) is 12.5 Å². The maximum atomic E-state index is 5.49. The van der Waals surface area contributed by atoms with Gasteiger partial charge in [-0.3, -0.25) is 0 Å². The molecule has 0 radical (unpaired) electrons. The highest BCUT2D eigenvalue weighted by atomic mass is 17.2. The molecule has 0 aromatic heterocycles. The molecular weight excluding hydrogens is 236 g/mol. The van der Waals surface area contributed by atoms with E-state index in [2.05, 4.69) is 44.2 Å². The van der Waals surface area contributed by atoms with E-state index in [4.69, 9.17) is 9.78 Å². The second-order valence-corrected chi connectivity index (χ2v) is 5.38. The highest BCUT2D eigenvalue weighted by Crippen LogP contribution is 2.40. The molecule has 0 saturated carbocycles. The number of hydrogen-bond donors (Lipinski definition) is 0. The molecule has 0 aliphatic heterocycles. The molecule has 2 aromatic carbocycles. The van der Waals surface area contributed by atoms with Crippen molar-refractivity contribution in [3.05, 3.63) is 53.6 Å². The predicted molar refractivity (Wildman–Crippen MR) is 76.1 cm³/mol. The standard InChI is InChI=1S/C17H18O2/c1-12(2)11-18-19-17-9-5-8-15-14-7-4-3-6-13(14)10-16(15)17/h3-9,12H,10-11H2,1-2H3. The van der Waals surface area contributed by atoms with Crippen molar-refractivity contribution in [2.45, 2.75) is 20.3 Å². The summed E-state index contributed by atoms with van der Waals surface area (Å²) >= 11 is 0. The molecule has 3 rings (SSSR count). The summed E-state index contributed by atoms with van der Waals surface area (Å²) in [5, 5.41) is 0.